The van der Waals surface area contributed by atoms with Gasteiger partial charge in [-0.1, -0.05) is 0 Å². The van der Waals surface area contributed by atoms with Crippen molar-refractivity contribution in [3.05, 3.63) is 65.5 Å². The van der Waals surface area contributed by atoms with Crippen LogP contribution in [0.4, 0.5) is 13.2 Å². The Morgan fingerprint density at radius 3 is 2.62 bits per heavy atom. The molecule has 0 saturated heterocycles. The lowest BCUT2D eigenvalue weighted by Gasteiger charge is -2.03. The molecular weight excluding hydrogens is 345 g/mol. The van der Waals surface area contributed by atoms with Gasteiger partial charge in [0, 0.05) is 36.6 Å². The van der Waals surface area contributed by atoms with Gasteiger partial charge >= 0.3 is 6.18 Å². The van der Waals surface area contributed by atoms with E-state index in [9.17, 15) is 13.2 Å². The van der Waals surface area contributed by atoms with Gasteiger partial charge in [0.05, 0.1) is 6.20 Å². The second kappa shape index (κ2) is 5.94. The van der Waals surface area contributed by atoms with E-state index in [2.05, 4.69) is 31.2 Å². The van der Waals surface area contributed by atoms with Crippen molar-refractivity contribution in [2.45, 2.75) is 19.5 Å². The van der Waals surface area contributed by atoms with Crippen molar-refractivity contribution >= 4 is 11.0 Å². The predicted molar refractivity (Wildman–Crippen MR) is 86.6 cm³/mol. The Bertz CT molecular complexity index is 1060. The molecule has 1 N–H and O–H groups in total. The third-order valence-corrected chi connectivity index (χ3v) is 3.85. The van der Waals surface area contributed by atoms with Crippen LogP contribution in [0.2, 0.25) is 0 Å². The van der Waals surface area contributed by atoms with Gasteiger partial charge in [0.25, 0.3) is 5.95 Å². The van der Waals surface area contributed by atoms with Crippen molar-refractivity contribution in [2.24, 2.45) is 0 Å². The number of fused-ring (bicyclic) bond motifs is 1. The van der Waals surface area contributed by atoms with Crippen LogP contribution in [0.5, 0.6) is 0 Å². The Labute approximate surface area is 145 Å². The summed E-state index contributed by atoms with van der Waals surface area (Å²) in [5, 5.41) is 4.42. The van der Waals surface area contributed by atoms with Gasteiger partial charge in [-0.3, -0.25) is 0 Å². The molecule has 4 heterocycles. The summed E-state index contributed by atoms with van der Waals surface area (Å²) in [5.74, 6) is 0.0284. The van der Waals surface area contributed by atoms with Gasteiger partial charge < -0.3 is 4.98 Å². The first-order valence-corrected chi connectivity index (χ1v) is 7.69. The zero-order valence-electron chi connectivity index (χ0n) is 13.5. The van der Waals surface area contributed by atoms with E-state index >= 15 is 0 Å². The largest absolute Gasteiger partial charge is 0.435 e. The Morgan fingerprint density at radius 2 is 1.92 bits per heavy atom. The molecule has 0 spiro atoms. The highest BCUT2D eigenvalue weighted by atomic mass is 19.4. The van der Waals surface area contributed by atoms with E-state index in [4.69, 9.17) is 0 Å². The number of nitrogens with one attached hydrogen (secondary N) is 1. The maximum Gasteiger partial charge on any atom is 0.435 e. The number of hydrogen-bond donors (Lipinski definition) is 1. The van der Waals surface area contributed by atoms with Gasteiger partial charge in [-0.25, -0.2) is 15.0 Å². The Hall–Kier alpha value is -3.23. The highest BCUT2D eigenvalue weighted by molar-refractivity contribution is 5.80. The van der Waals surface area contributed by atoms with Crippen molar-refractivity contribution < 1.29 is 13.2 Å². The Kier molecular flexibility index (Phi) is 3.71. The zero-order chi connectivity index (χ0) is 18.3. The van der Waals surface area contributed by atoms with Crippen LogP contribution in [0.3, 0.4) is 0 Å². The molecule has 0 unspecified atom stereocenters. The van der Waals surface area contributed by atoms with Crippen molar-refractivity contribution in [2.75, 3.05) is 0 Å². The molecule has 131 valence electrons. The molecule has 0 aliphatic carbocycles. The molecule has 4 rings (SSSR count). The minimum Gasteiger partial charge on any atom is -0.346 e. The average Bonchev–Trinajstić information content (AvgIpc) is 3.23. The summed E-state index contributed by atoms with van der Waals surface area (Å²) in [6, 6.07) is 2.80. The summed E-state index contributed by atoms with van der Waals surface area (Å²) < 4.78 is 38.7. The van der Waals surface area contributed by atoms with E-state index in [-0.39, 0.29) is 5.95 Å². The number of aromatic amines is 1. The lowest BCUT2D eigenvalue weighted by Crippen LogP contribution is -2.08. The van der Waals surface area contributed by atoms with Crippen LogP contribution in [-0.4, -0.2) is 29.7 Å². The van der Waals surface area contributed by atoms with Gasteiger partial charge in [0.2, 0.25) is 0 Å². The molecule has 0 amide bonds. The van der Waals surface area contributed by atoms with E-state index in [1.165, 1.54) is 0 Å². The normalized spacial score (nSPS) is 12.0. The first-order valence-electron chi connectivity index (χ1n) is 7.69. The van der Waals surface area contributed by atoms with Gasteiger partial charge in [-0.2, -0.15) is 23.0 Å². The molecule has 0 atom stereocenters. The van der Waals surface area contributed by atoms with E-state index in [0.717, 1.165) is 38.5 Å². The second-order valence-electron chi connectivity index (χ2n) is 5.86. The maximum absolute atomic E-state index is 12.6. The predicted octanol–water partition coefficient (Wildman–Crippen LogP) is 3.26. The molecule has 26 heavy (non-hydrogen) atoms. The number of aryl methyl sites for hydroxylation is 1. The van der Waals surface area contributed by atoms with Crippen LogP contribution in [0, 0.1) is 13.1 Å². The highest BCUT2D eigenvalue weighted by Gasteiger charge is 2.34. The van der Waals surface area contributed by atoms with Crippen molar-refractivity contribution in [1.29, 1.82) is 0 Å². The number of H-pyrrole nitrogens is 1. The van der Waals surface area contributed by atoms with Crippen molar-refractivity contribution in [1.82, 2.24) is 29.7 Å². The monoisotopic (exact) mass is 357 g/mol. The molecular formula is C17H12F3N6. The first-order chi connectivity index (χ1) is 12.4. The number of halogens is 3. The third kappa shape index (κ3) is 3.03. The molecule has 0 aliphatic rings. The summed E-state index contributed by atoms with van der Waals surface area (Å²) in [5.41, 5.74) is 2.68. The summed E-state index contributed by atoms with van der Waals surface area (Å²) in [7, 11) is 0. The van der Waals surface area contributed by atoms with Crippen molar-refractivity contribution in [3.8, 4) is 5.95 Å². The van der Waals surface area contributed by atoms with E-state index in [1.54, 1.807) is 18.6 Å². The average molecular weight is 357 g/mol. The lowest BCUT2D eigenvalue weighted by molar-refractivity contribution is -0.141. The highest BCUT2D eigenvalue weighted by Crippen LogP contribution is 2.27. The Morgan fingerprint density at radius 1 is 1.15 bits per heavy atom. The van der Waals surface area contributed by atoms with Crippen LogP contribution < -0.4 is 0 Å². The molecule has 6 nitrogen and oxygen atoms in total. The summed E-state index contributed by atoms with van der Waals surface area (Å²) in [6.07, 6.45) is 5.21. The van der Waals surface area contributed by atoms with Gasteiger partial charge in [-0.05, 0) is 35.7 Å². The number of nitrogens with zero attached hydrogens (tertiary/aromatic N) is 5. The fraction of sp³-hybridized carbons (Fsp3) is 0.176. The summed E-state index contributed by atoms with van der Waals surface area (Å²) >= 11 is 0. The van der Waals surface area contributed by atoms with Gasteiger partial charge in [0.1, 0.15) is 5.65 Å². The fourth-order valence-electron chi connectivity index (χ4n) is 2.61. The number of pyridine rings is 1. The fourth-order valence-corrected chi connectivity index (χ4v) is 2.61. The second-order valence-corrected chi connectivity index (χ2v) is 5.86. The molecule has 0 saturated carbocycles. The topological polar surface area (TPSA) is 72.3 Å². The van der Waals surface area contributed by atoms with Crippen LogP contribution in [0.25, 0.3) is 17.0 Å². The van der Waals surface area contributed by atoms with Gasteiger partial charge in [-0.15, -0.1) is 0 Å². The minimum atomic E-state index is -4.52. The molecule has 4 aromatic rings. The third-order valence-electron chi connectivity index (χ3n) is 3.85. The number of aromatic nitrogens is 6. The Balaban J connectivity index is 1.58. The van der Waals surface area contributed by atoms with Gasteiger partial charge in [0.15, 0.2) is 5.69 Å². The van der Waals surface area contributed by atoms with Crippen molar-refractivity contribution in [3.63, 3.8) is 0 Å². The van der Waals surface area contributed by atoms with E-state index < -0.39 is 11.9 Å². The van der Waals surface area contributed by atoms with Crippen LogP contribution in [0.1, 0.15) is 22.4 Å². The lowest BCUT2D eigenvalue weighted by atomic mass is 10.1. The molecule has 0 aromatic carbocycles. The molecule has 1 radical (unpaired) electrons. The minimum absolute atomic E-state index is 0.0284. The molecule has 0 bridgehead atoms. The quantitative estimate of drug-likeness (QED) is 0.611. The molecule has 9 heteroatoms. The van der Waals surface area contributed by atoms with Crippen LogP contribution >= 0.6 is 0 Å². The number of hydrogen-bond acceptors (Lipinski definition) is 4. The standard InChI is InChI=1S/C17H12F3N6/c1-10-4-13-12(9-22-15(13)21-6-10)5-11-7-23-16(24-8-11)26-3-2-14(25-26)17(18,19)20/h2,4,6-9H,5H2,1H3,(H,21,22). The van der Waals surface area contributed by atoms with E-state index in [1.807, 2.05) is 19.2 Å². The number of alkyl halides is 3. The molecule has 4 aromatic heterocycles. The van der Waals surface area contributed by atoms with E-state index in [0.29, 0.717) is 6.42 Å². The number of rotatable bonds is 3. The smallest absolute Gasteiger partial charge is 0.346 e. The summed E-state index contributed by atoms with van der Waals surface area (Å²) in [6.45, 7) is 1.97. The maximum atomic E-state index is 12.6. The first kappa shape index (κ1) is 16.2. The molecule has 0 fully saturated rings. The zero-order valence-corrected chi connectivity index (χ0v) is 13.5. The van der Waals surface area contributed by atoms with Crippen LogP contribution in [-0.2, 0) is 12.6 Å². The SMILES string of the molecule is Cc1cnc2[nH]cc(Cc3cnc(-n4[c]cc(C(F)(F)F)n4)nc3)c2c1. The summed E-state index contributed by atoms with van der Waals surface area (Å²) in [4.78, 5) is 15.6. The molecule has 0 aliphatic heterocycles. The van der Waals surface area contributed by atoms with Crippen LogP contribution in [0.15, 0.2) is 36.9 Å².